The molecule has 1 fully saturated rings. The van der Waals surface area contributed by atoms with E-state index in [-0.39, 0.29) is 49.2 Å². The Hall–Kier alpha value is -2.57. The molecule has 2 heterocycles. The second-order valence-corrected chi connectivity index (χ2v) is 7.50. The monoisotopic (exact) mass is 576 g/mol. The van der Waals surface area contributed by atoms with Gasteiger partial charge in [-0.25, -0.2) is 4.98 Å². The van der Waals surface area contributed by atoms with Gasteiger partial charge in [0.25, 0.3) is 0 Å². The Morgan fingerprint density at radius 1 is 1.15 bits per heavy atom. The van der Waals surface area contributed by atoms with E-state index in [1.165, 1.54) is 18.9 Å². The van der Waals surface area contributed by atoms with E-state index in [1.54, 1.807) is 19.3 Å². The van der Waals surface area contributed by atoms with E-state index in [2.05, 4.69) is 25.3 Å². The van der Waals surface area contributed by atoms with Gasteiger partial charge in [-0.3, -0.25) is 4.99 Å². The normalized spacial score (nSPS) is 15.3. The maximum Gasteiger partial charge on any atom is 0.387 e. The van der Waals surface area contributed by atoms with Crippen LogP contribution in [0.4, 0.5) is 8.78 Å². The minimum atomic E-state index is -2.95. The predicted molar refractivity (Wildman–Crippen MR) is 129 cm³/mol. The summed E-state index contributed by atoms with van der Waals surface area (Å²) in [4.78, 5) is 8.48. The molecule has 0 saturated heterocycles. The fourth-order valence-electron chi connectivity index (χ4n) is 3.70. The Labute approximate surface area is 208 Å². The number of hydrogen-bond donors (Lipinski definition) is 2. The van der Waals surface area contributed by atoms with Gasteiger partial charge in [0.2, 0.25) is 12.7 Å². The Balaban J connectivity index is 0.00000306. The number of aromatic nitrogens is 1. The number of hydrogen-bond acceptors (Lipinski definition) is 6. The number of pyridine rings is 1. The number of fused-ring (bicyclic) bond motifs is 1. The van der Waals surface area contributed by atoms with E-state index in [0.29, 0.717) is 35.4 Å². The maximum atomic E-state index is 12.8. The molecule has 1 aliphatic heterocycles. The standard InChI is InChI=1S/C22H26F2N4O4.HI/c1-25-22(27-11-14-6-7-26-20(8-14)31-16-4-2-3-5-16)28-12-15-9-18-19(30-13-29-18)10-17(15)32-21(23)24;/h6-10,16,21H,2-5,11-13H2,1H3,(H2,25,27,28);1H. The largest absolute Gasteiger partial charge is 0.474 e. The highest BCUT2D eigenvalue weighted by molar-refractivity contribution is 14.0. The summed E-state index contributed by atoms with van der Waals surface area (Å²) in [6, 6.07) is 6.83. The topological polar surface area (TPSA) is 86.2 Å². The van der Waals surface area contributed by atoms with Crippen LogP contribution < -0.4 is 29.6 Å². The quantitative estimate of drug-likeness (QED) is 0.277. The van der Waals surface area contributed by atoms with E-state index in [0.717, 1.165) is 18.4 Å². The van der Waals surface area contributed by atoms with Crippen LogP contribution in [0.5, 0.6) is 23.1 Å². The zero-order chi connectivity index (χ0) is 22.3. The molecule has 0 radical (unpaired) electrons. The summed E-state index contributed by atoms with van der Waals surface area (Å²) >= 11 is 0. The molecule has 1 aliphatic carbocycles. The van der Waals surface area contributed by atoms with E-state index in [4.69, 9.17) is 14.2 Å². The van der Waals surface area contributed by atoms with Crippen molar-refractivity contribution in [1.82, 2.24) is 15.6 Å². The molecule has 0 amide bonds. The van der Waals surface area contributed by atoms with Crippen molar-refractivity contribution in [3.05, 3.63) is 41.6 Å². The molecule has 180 valence electrons. The molecule has 0 unspecified atom stereocenters. The van der Waals surface area contributed by atoms with Crippen LogP contribution in [0.2, 0.25) is 0 Å². The molecule has 1 aromatic carbocycles. The van der Waals surface area contributed by atoms with Gasteiger partial charge in [0.15, 0.2) is 17.5 Å². The number of aliphatic imine (C=N–C) groups is 1. The van der Waals surface area contributed by atoms with Crippen LogP contribution in [-0.2, 0) is 13.1 Å². The highest BCUT2D eigenvalue weighted by atomic mass is 127. The molecule has 1 aromatic heterocycles. The number of alkyl halides is 2. The van der Waals surface area contributed by atoms with Gasteiger partial charge in [-0.15, -0.1) is 24.0 Å². The van der Waals surface area contributed by atoms with Crippen LogP contribution in [-0.4, -0.2) is 37.5 Å². The zero-order valence-electron chi connectivity index (χ0n) is 18.2. The number of halogens is 3. The number of rotatable bonds is 8. The second kappa shape index (κ2) is 12.1. The summed E-state index contributed by atoms with van der Waals surface area (Å²) in [6.07, 6.45) is 6.49. The summed E-state index contributed by atoms with van der Waals surface area (Å²) in [7, 11) is 1.63. The average molecular weight is 576 g/mol. The lowest BCUT2D eigenvalue weighted by atomic mass is 10.1. The summed E-state index contributed by atoms with van der Waals surface area (Å²) in [5.41, 5.74) is 1.48. The third-order valence-electron chi connectivity index (χ3n) is 5.29. The van der Waals surface area contributed by atoms with Gasteiger partial charge >= 0.3 is 6.61 Å². The first kappa shape index (κ1) is 25.1. The number of guanidine groups is 1. The van der Waals surface area contributed by atoms with Gasteiger partial charge in [0.05, 0.1) is 0 Å². The molecule has 2 aliphatic rings. The van der Waals surface area contributed by atoms with Crippen molar-refractivity contribution in [2.45, 2.75) is 51.5 Å². The molecule has 0 atom stereocenters. The van der Waals surface area contributed by atoms with Crippen molar-refractivity contribution in [3.8, 4) is 23.1 Å². The smallest absolute Gasteiger partial charge is 0.387 e. The van der Waals surface area contributed by atoms with Crippen LogP contribution in [0.1, 0.15) is 36.8 Å². The minimum Gasteiger partial charge on any atom is -0.474 e. The Morgan fingerprint density at radius 2 is 1.88 bits per heavy atom. The van der Waals surface area contributed by atoms with Crippen LogP contribution in [0, 0.1) is 0 Å². The molecule has 4 rings (SSSR count). The molecule has 2 aromatic rings. The van der Waals surface area contributed by atoms with Crippen molar-refractivity contribution < 1.29 is 27.7 Å². The van der Waals surface area contributed by atoms with Crippen LogP contribution in [0.15, 0.2) is 35.5 Å². The summed E-state index contributed by atoms with van der Waals surface area (Å²) in [6.45, 7) is -2.21. The van der Waals surface area contributed by atoms with Crippen LogP contribution >= 0.6 is 24.0 Å². The van der Waals surface area contributed by atoms with Gasteiger partial charge in [-0.05, 0) is 43.4 Å². The van der Waals surface area contributed by atoms with Crippen molar-refractivity contribution in [2.75, 3.05) is 13.8 Å². The van der Waals surface area contributed by atoms with Crippen molar-refractivity contribution >= 4 is 29.9 Å². The first-order valence-electron chi connectivity index (χ1n) is 10.5. The molecule has 0 spiro atoms. The number of nitrogens with one attached hydrogen (secondary N) is 2. The van der Waals surface area contributed by atoms with Gasteiger partial charge in [-0.2, -0.15) is 8.78 Å². The fourth-order valence-corrected chi connectivity index (χ4v) is 3.70. The van der Waals surface area contributed by atoms with Gasteiger partial charge < -0.3 is 29.6 Å². The zero-order valence-corrected chi connectivity index (χ0v) is 20.5. The highest BCUT2D eigenvalue weighted by Crippen LogP contribution is 2.38. The maximum absolute atomic E-state index is 12.8. The number of benzene rings is 1. The number of ether oxygens (including phenoxy) is 4. The molecule has 1 saturated carbocycles. The summed E-state index contributed by atoms with van der Waals surface area (Å²) < 4.78 is 46.8. The highest BCUT2D eigenvalue weighted by Gasteiger charge is 2.20. The first-order valence-corrected chi connectivity index (χ1v) is 10.5. The summed E-state index contributed by atoms with van der Waals surface area (Å²) in [5.74, 6) is 2.00. The lowest BCUT2D eigenvalue weighted by Crippen LogP contribution is -2.36. The summed E-state index contributed by atoms with van der Waals surface area (Å²) in [5, 5.41) is 6.30. The van der Waals surface area contributed by atoms with Gasteiger partial charge in [0.1, 0.15) is 11.9 Å². The molecular weight excluding hydrogens is 549 g/mol. The second-order valence-electron chi connectivity index (χ2n) is 7.50. The molecule has 8 nitrogen and oxygen atoms in total. The fraction of sp³-hybridized carbons (Fsp3) is 0.455. The van der Waals surface area contributed by atoms with Gasteiger partial charge in [0, 0.05) is 44.0 Å². The molecule has 33 heavy (non-hydrogen) atoms. The third kappa shape index (κ3) is 6.95. The Kier molecular flexibility index (Phi) is 9.15. The molecule has 2 N–H and O–H groups in total. The van der Waals surface area contributed by atoms with E-state index >= 15 is 0 Å². The number of nitrogens with zero attached hydrogens (tertiary/aromatic N) is 2. The molecule has 11 heteroatoms. The van der Waals surface area contributed by atoms with E-state index in [9.17, 15) is 8.78 Å². The predicted octanol–water partition coefficient (Wildman–Crippen LogP) is 4.22. The van der Waals surface area contributed by atoms with Crippen LogP contribution in [0.3, 0.4) is 0 Å². The first-order chi connectivity index (χ1) is 15.6. The molecule has 0 bridgehead atoms. The van der Waals surface area contributed by atoms with Crippen molar-refractivity contribution in [1.29, 1.82) is 0 Å². The third-order valence-corrected chi connectivity index (χ3v) is 5.29. The Morgan fingerprint density at radius 3 is 2.61 bits per heavy atom. The van der Waals surface area contributed by atoms with Crippen molar-refractivity contribution in [2.24, 2.45) is 4.99 Å². The van der Waals surface area contributed by atoms with E-state index < -0.39 is 6.61 Å². The molecular formula is C22H27F2IN4O4. The van der Waals surface area contributed by atoms with Gasteiger partial charge in [-0.1, -0.05) is 0 Å². The average Bonchev–Trinajstić information content (AvgIpc) is 3.45. The minimum absolute atomic E-state index is 0. The lowest BCUT2D eigenvalue weighted by molar-refractivity contribution is -0.0505. The van der Waals surface area contributed by atoms with E-state index in [1.807, 2.05) is 12.1 Å². The van der Waals surface area contributed by atoms with Crippen molar-refractivity contribution in [3.63, 3.8) is 0 Å². The Bertz CT molecular complexity index is 958. The SMILES string of the molecule is CN=C(NCc1ccnc(OC2CCCC2)c1)NCc1cc2c(cc1OC(F)F)OCO2.I. The lowest BCUT2D eigenvalue weighted by Gasteiger charge is -2.16. The van der Waals surface area contributed by atoms with Crippen LogP contribution in [0.25, 0.3) is 0 Å².